The fourth-order valence-corrected chi connectivity index (χ4v) is 3.90. The first-order valence-electron chi connectivity index (χ1n) is 6.22. The molecule has 0 saturated heterocycles. The largest absolute Gasteiger partial charge is 0.383 e. The summed E-state index contributed by atoms with van der Waals surface area (Å²) in [6.07, 6.45) is 0. The van der Waals surface area contributed by atoms with Crippen molar-refractivity contribution >= 4 is 45.0 Å². The molecule has 20 heavy (non-hydrogen) atoms. The molecule has 1 amide bonds. The minimum Gasteiger partial charge on any atom is -0.383 e. The van der Waals surface area contributed by atoms with Crippen LogP contribution in [0.5, 0.6) is 0 Å². The highest BCUT2D eigenvalue weighted by molar-refractivity contribution is 8.00. The van der Waals surface area contributed by atoms with Gasteiger partial charge in [0, 0.05) is 19.0 Å². The fraction of sp³-hybridized carbons (Fsp3) is 0.462. The Labute approximate surface area is 126 Å². The van der Waals surface area contributed by atoms with Crippen molar-refractivity contribution in [3.8, 4) is 0 Å². The summed E-state index contributed by atoms with van der Waals surface area (Å²) in [6.45, 7) is 5.92. The van der Waals surface area contributed by atoms with Gasteiger partial charge in [0.15, 0.2) is 5.16 Å². The van der Waals surface area contributed by atoms with Crippen LogP contribution in [0.25, 0.3) is 10.2 Å². The molecule has 0 aromatic carbocycles. The predicted octanol–water partition coefficient (Wildman–Crippen LogP) is 2.46. The number of thioether (sulfide) groups is 1. The van der Waals surface area contributed by atoms with E-state index in [1.165, 1.54) is 16.6 Å². The first kappa shape index (κ1) is 15.1. The lowest BCUT2D eigenvalue weighted by atomic mass is 10.2. The highest BCUT2D eigenvalue weighted by atomic mass is 32.2. The maximum Gasteiger partial charge on any atom is 0.235 e. The molecule has 5 nitrogen and oxygen atoms in total. The molecule has 0 aliphatic carbocycles. The van der Waals surface area contributed by atoms with Crippen molar-refractivity contribution in [3.05, 3.63) is 10.4 Å². The molecule has 2 heterocycles. The van der Waals surface area contributed by atoms with E-state index in [0.717, 1.165) is 15.8 Å². The summed E-state index contributed by atoms with van der Waals surface area (Å²) in [7, 11) is 3.48. The van der Waals surface area contributed by atoms with Gasteiger partial charge in [-0.1, -0.05) is 11.8 Å². The molecule has 2 aromatic rings. The lowest BCUT2D eigenvalue weighted by Gasteiger charge is -2.15. The maximum atomic E-state index is 11.9. The third-order valence-electron chi connectivity index (χ3n) is 3.11. The zero-order valence-electron chi connectivity index (χ0n) is 12.2. The van der Waals surface area contributed by atoms with Crippen LogP contribution < -0.4 is 5.73 Å². The van der Waals surface area contributed by atoms with Crippen molar-refractivity contribution in [1.29, 1.82) is 0 Å². The summed E-state index contributed by atoms with van der Waals surface area (Å²) in [6, 6.07) is 0. The van der Waals surface area contributed by atoms with E-state index in [1.54, 1.807) is 30.3 Å². The Bertz CT molecular complexity index is 666. The molecule has 0 bridgehead atoms. The highest BCUT2D eigenvalue weighted by Crippen LogP contribution is 2.34. The normalized spacial score (nSPS) is 12.7. The monoisotopic (exact) mass is 310 g/mol. The van der Waals surface area contributed by atoms with Crippen LogP contribution in [0, 0.1) is 13.8 Å². The Balaban J connectivity index is 2.35. The zero-order chi connectivity index (χ0) is 15.0. The number of carbonyl (C=O) groups excluding carboxylic acids is 1. The molecule has 0 fully saturated rings. The Morgan fingerprint density at radius 3 is 2.60 bits per heavy atom. The van der Waals surface area contributed by atoms with Gasteiger partial charge in [-0.25, -0.2) is 9.97 Å². The van der Waals surface area contributed by atoms with E-state index >= 15 is 0 Å². The second kappa shape index (κ2) is 5.57. The Morgan fingerprint density at radius 1 is 1.35 bits per heavy atom. The van der Waals surface area contributed by atoms with E-state index in [4.69, 9.17) is 5.73 Å². The van der Waals surface area contributed by atoms with Crippen LogP contribution in [0.4, 0.5) is 5.82 Å². The summed E-state index contributed by atoms with van der Waals surface area (Å²) in [5.74, 6) is 0.527. The molecule has 7 heteroatoms. The Hall–Kier alpha value is -1.34. The molecule has 0 aliphatic rings. The number of anilines is 1. The number of nitrogens with zero attached hydrogens (tertiary/aromatic N) is 3. The summed E-state index contributed by atoms with van der Waals surface area (Å²) in [5.41, 5.74) is 7.17. The summed E-state index contributed by atoms with van der Waals surface area (Å²) >= 11 is 2.95. The van der Waals surface area contributed by atoms with Crippen LogP contribution in [-0.4, -0.2) is 40.1 Å². The lowest BCUT2D eigenvalue weighted by Crippen LogP contribution is -2.29. The average Bonchev–Trinajstić information content (AvgIpc) is 2.64. The second-order valence-corrected chi connectivity index (χ2v) is 7.36. The van der Waals surface area contributed by atoms with Gasteiger partial charge >= 0.3 is 0 Å². The minimum atomic E-state index is -0.232. The number of nitrogens with two attached hydrogens (primary N) is 1. The van der Waals surface area contributed by atoms with Gasteiger partial charge in [-0.05, 0) is 26.3 Å². The molecule has 108 valence electrons. The molecule has 1 unspecified atom stereocenters. The Kier molecular flexibility index (Phi) is 4.19. The Morgan fingerprint density at radius 2 is 2.00 bits per heavy atom. The predicted molar refractivity (Wildman–Crippen MR) is 85.3 cm³/mol. The van der Waals surface area contributed by atoms with Gasteiger partial charge in [-0.3, -0.25) is 4.79 Å². The van der Waals surface area contributed by atoms with Crippen molar-refractivity contribution < 1.29 is 4.79 Å². The van der Waals surface area contributed by atoms with Crippen molar-refractivity contribution in [1.82, 2.24) is 14.9 Å². The van der Waals surface area contributed by atoms with Crippen LogP contribution in [0.3, 0.4) is 0 Å². The summed E-state index contributed by atoms with van der Waals surface area (Å²) in [5, 5.41) is 1.26. The van der Waals surface area contributed by atoms with Crippen LogP contribution in [0.1, 0.15) is 17.4 Å². The third-order valence-corrected chi connectivity index (χ3v) is 5.16. The molecule has 2 aromatic heterocycles. The van der Waals surface area contributed by atoms with Crippen LogP contribution in [0.15, 0.2) is 5.16 Å². The van der Waals surface area contributed by atoms with E-state index in [1.807, 2.05) is 20.8 Å². The van der Waals surface area contributed by atoms with E-state index in [-0.39, 0.29) is 11.2 Å². The van der Waals surface area contributed by atoms with Crippen LogP contribution in [-0.2, 0) is 4.79 Å². The van der Waals surface area contributed by atoms with E-state index in [0.29, 0.717) is 11.0 Å². The standard InChI is InChI=1S/C13H18N4OS2/c1-6-7(2)19-11-9(6)10(14)15-13(16-11)20-8(3)12(18)17(4)5/h8H,1-5H3,(H2,14,15,16). The molecular weight excluding hydrogens is 292 g/mol. The fourth-order valence-electron chi connectivity index (χ4n) is 1.89. The van der Waals surface area contributed by atoms with E-state index in [9.17, 15) is 4.79 Å². The van der Waals surface area contributed by atoms with Crippen molar-refractivity contribution in [2.75, 3.05) is 19.8 Å². The minimum absolute atomic E-state index is 0.0378. The molecule has 0 radical (unpaired) electrons. The summed E-state index contributed by atoms with van der Waals surface area (Å²) < 4.78 is 0. The van der Waals surface area contributed by atoms with Gasteiger partial charge < -0.3 is 10.6 Å². The number of aromatic nitrogens is 2. The first-order valence-corrected chi connectivity index (χ1v) is 7.92. The molecule has 2 N–H and O–H groups in total. The molecule has 2 rings (SSSR count). The van der Waals surface area contributed by atoms with Crippen molar-refractivity contribution in [2.45, 2.75) is 31.2 Å². The molecule has 0 aliphatic heterocycles. The molecule has 0 saturated carbocycles. The number of aryl methyl sites for hydroxylation is 2. The highest BCUT2D eigenvalue weighted by Gasteiger charge is 2.19. The van der Waals surface area contributed by atoms with Crippen LogP contribution in [0.2, 0.25) is 0 Å². The molecular formula is C13H18N4OS2. The van der Waals surface area contributed by atoms with Gasteiger partial charge in [-0.15, -0.1) is 11.3 Å². The number of rotatable bonds is 3. The molecule has 1 atom stereocenters. The number of amides is 1. The quantitative estimate of drug-likeness (QED) is 0.696. The van der Waals surface area contributed by atoms with Gasteiger partial charge in [0.2, 0.25) is 5.91 Å². The number of nitrogen functional groups attached to an aromatic ring is 1. The zero-order valence-corrected chi connectivity index (χ0v) is 13.9. The first-order chi connectivity index (χ1) is 9.31. The third kappa shape index (κ3) is 2.73. The number of thiophene rings is 1. The lowest BCUT2D eigenvalue weighted by molar-refractivity contribution is -0.127. The van der Waals surface area contributed by atoms with Crippen molar-refractivity contribution in [3.63, 3.8) is 0 Å². The van der Waals surface area contributed by atoms with Gasteiger partial charge in [-0.2, -0.15) is 0 Å². The summed E-state index contributed by atoms with van der Waals surface area (Å²) in [4.78, 5) is 24.4. The van der Waals surface area contributed by atoms with Crippen LogP contribution >= 0.6 is 23.1 Å². The number of fused-ring (bicyclic) bond motifs is 1. The maximum absolute atomic E-state index is 11.9. The number of carbonyl (C=O) groups is 1. The van der Waals surface area contributed by atoms with E-state index in [2.05, 4.69) is 9.97 Å². The second-order valence-electron chi connectivity index (χ2n) is 4.85. The number of hydrogen-bond acceptors (Lipinski definition) is 6. The van der Waals surface area contributed by atoms with Gasteiger partial charge in [0.1, 0.15) is 10.6 Å². The van der Waals surface area contributed by atoms with Gasteiger partial charge in [0.05, 0.1) is 10.6 Å². The van der Waals surface area contributed by atoms with Crippen molar-refractivity contribution in [2.24, 2.45) is 0 Å². The number of hydrogen-bond donors (Lipinski definition) is 1. The smallest absolute Gasteiger partial charge is 0.235 e. The average molecular weight is 310 g/mol. The molecule has 0 spiro atoms. The SMILES string of the molecule is Cc1sc2nc(SC(C)C(=O)N(C)C)nc(N)c2c1C. The topological polar surface area (TPSA) is 72.1 Å². The van der Waals surface area contributed by atoms with E-state index < -0.39 is 0 Å². The van der Waals surface area contributed by atoms with Gasteiger partial charge in [0.25, 0.3) is 0 Å².